The van der Waals surface area contributed by atoms with Gasteiger partial charge in [-0.05, 0) is 85.4 Å². The Hall–Kier alpha value is -1.33. The summed E-state index contributed by atoms with van der Waals surface area (Å²) in [5, 5.41) is 2.35. The van der Waals surface area contributed by atoms with Crippen molar-refractivity contribution >= 4 is 70.0 Å². The molecule has 0 N–H and O–H groups in total. The van der Waals surface area contributed by atoms with E-state index in [4.69, 9.17) is 58.6 Å². The van der Waals surface area contributed by atoms with E-state index < -0.39 is 0 Å². The van der Waals surface area contributed by atoms with Crippen molar-refractivity contribution in [2.45, 2.75) is 25.7 Å². The predicted octanol–water partition coefficient (Wildman–Crippen LogP) is 10.1. The van der Waals surface area contributed by atoms with Crippen LogP contribution in [0.4, 0.5) is 0 Å². The van der Waals surface area contributed by atoms with Crippen LogP contribution >= 0.6 is 70.0 Å². The van der Waals surface area contributed by atoms with E-state index >= 15 is 0 Å². The molecule has 0 spiro atoms. The standard InChI is InChI=1S/C25H17Cl4NS2/c26-16-8-14(9-17(27)12-16)20-4-3-5-21(15-10-18(28)13-19(29)11-15)24(20)30-22-6-1-2-7-23(22)32-25(30)31/h3-5,8-13H,1-2,6-7H2. The van der Waals surface area contributed by atoms with Gasteiger partial charge in [0.2, 0.25) is 0 Å². The molecule has 0 unspecified atom stereocenters. The van der Waals surface area contributed by atoms with Crippen LogP contribution in [-0.2, 0) is 12.8 Å². The van der Waals surface area contributed by atoms with Gasteiger partial charge >= 0.3 is 0 Å². The summed E-state index contributed by atoms with van der Waals surface area (Å²) in [6.45, 7) is 0. The Bertz CT molecular complexity index is 1290. The maximum Gasteiger partial charge on any atom is 0.166 e. The second-order valence-corrected chi connectivity index (χ2v) is 11.3. The van der Waals surface area contributed by atoms with Gasteiger partial charge in [-0.3, -0.25) is 4.57 Å². The molecule has 0 amide bonds. The Morgan fingerprint density at radius 1 is 0.719 bits per heavy atom. The highest BCUT2D eigenvalue weighted by atomic mass is 35.5. The highest BCUT2D eigenvalue weighted by Gasteiger charge is 2.23. The summed E-state index contributed by atoms with van der Waals surface area (Å²) >= 11 is 33.1. The van der Waals surface area contributed by atoms with Crippen LogP contribution in [0.3, 0.4) is 0 Å². The molecule has 1 heterocycles. The van der Waals surface area contributed by atoms with Crippen molar-refractivity contribution in [1.82, 2.24) is 4.57 Å². The van der Waals surface area contributed by atoms with E-state index in [-0.39, 0.29) is 0 Å². The van der Waals surface area contributed by atoms with Crippen molar-refractivity contribution in [1.29, 1.82) is 0 Å². The Morgan fingerprint density at radius 2 is 1.22 bits per heavy atom. The van der Waals surface area contributed by atoms with Crippen LogP contribution in [0.5, 0.6) is 0 Å². The van der Waals surface area contributed by atoms with E-state index in [0.717, 1.165) is 51.2 Å². The summed E-state index contributed by atoms with van der Waals surface area (Å²) in [5.74, 6) is 0. The zero-order chi connectivity index (χ0) is 22.4. The van der Waals surface area contributed by atoms with Gasteiger partial charge in [0.05, 0.1) is 5.69 Å². The lowest BCUT2D eigenvalue weighted by Crippen LogP contribution is -2.09. The zero-order valence-corrected chi connectivity index (χ0v) is 21.5. The van der Waals surface area contributed by atoms with Crippen LogP contribution in [0.1, 0.15) is 23.4 Å². The van der Waals surface area contributed by atoms with Crippen molar-refractivity contribution in [2.75, 3.05) is 0 Å². The maximum atomic E-state index is 6.38. The smallest absolute Gasteiger partial charge is 0.166 e. The minimum absolute atomic E-state index is 0.589. The summed E-state index contributed by atoms with van der Waals surface area (Å²) in [7, 11) is 0. The summed E-state index contributed by atoms with van der Waals surface area (Å²) in [6, 6.07) is 17.4. The normalized spacial score (nSPS) is 13.2. The monoisotopic (exact) mass is 535 g/mol. The van der Waals surface area contributed by atoms with E-state index in [1.165, 1.54) is 17.0 Å². The number of nitrogens with zero attached hydrogens (tertiary/aromatic N) is 1. The van der Waals surface area contributed by atoms with Crippen LogP contribution in [-0.4, -0.2) is 4.57 Å². The number of hydrogen-bond acceptors (Lipinski definition) is 2. The SMILES string of the molecule is S=c1sc2c(n1-c1c(-c3cc(Cl)cc(Cl)c3)cccc1-c1cc(Cl)cc(Cl)c1)CCCC2. The van der Waals surface area contributed by atoms with Crippen LogP contribution in [0.25, 0.3) is 27.9 Å². The molecule has 4 aromatic rings. The number of halogens is 4. The molecule has 0 aliphatic heterocycles. The van der Waals surface area contributed by atoms with Crippen LogP contribution in [0, 0.1) is 3.95 Å². The Balaban J connectivity index is 1.88. The van der Waals surface area contributed by atoms with Crippen molar-refractivity contribution in [3.05, 3.63) is 89.2 Å². The summed E-state index contributed by atoms with van der Waals surface area (Å²) in [5.41, 5.74) is 6.18. The molecule has 0 radical (unpaired) electrons. The van der Waals surface area contributed by atoms with E-state index in [9.17, 15) is 0 Å². The lowest BCUT2D eigenvalue weighted by molar-refractivity contribution is 0.666. The van der Waals surface area contributed by atoms with E-state index in [1.807, 2.05) is 30.3 Å². The Kier molecular flexibility index (Phi) is 6.41. The lowest BCUT2D eigenvalue weighted by Gasteiger charge is -2.21. The third-order valence-electron chi connectivity index (χ3n) is 5.66. The molecule has 32 heavy (non-hydrogen) atoms. The number of para-hydroxylation sites is 1. The molecule has 1 nitrogen and oxygen atoms in total. The third kappa shape index (κ3) is 4.27. The predicted molar refractivity (Wildman–Crippen MR) is 142 cm³/mol. The minimum atomic E-state index is 0.589. The molecule has 0 atom stereocenters. The second kappa shape index (κ2) is 9.13. The molecule has 0 fully saturated rings. The second-order valence-electron chi connectivity index (χ2n) is 7.80. The Labute approximate surface area is 216 Å². The topological polar surface area (TPSA) is 4.93 Å². The molecule has 3 aromatic carbocycles. The summed E-state index contributed by atoms with van der Waals surface area (Å²) < 4.78 is 3.08. The van der Waals surface area contributed by atoms with Crippen LogP contribution < -0.4 is 0 Å². The number of thiazole rings is 1. The average Bonchev–Trinajstić information content (AvgIpc) is 3.07. The van der Waals surface area contributed by atoms with Gasteiger partial charge in [-0.25, -0.2) is 0 Å². The largest absolute Gasteiger partial charge is 0.294 e. The summed E-state index contributed by atoms with van der Waals surface area (Å²) in [6.07, 6.45) is 4.43. The summed E-state index contributed by atoms with van der Waals surface area (Å²) in [4.78, 5) is 1.37. The number of fused-ring (bicyclic) bond motifs is 1. The molecule has 162 valence electrons. The van der Waals surface area contributed by atoms with Gasteiger partial charge in [-0.1, -0.05) is 64.6 Å². The fourth-order valence-electron chi connectivity index (χ4n) is 4.36. The highest BCUT2D eigenvalue weighted by Crippen LogP contribution is 2.42. The average molecular weight is 537 g/mol. The van der Waals surface area contributed by atoms with Gasteiger partial charge < -0.3 is 0 Å². The zero-order valence-electron chi connectivity index (χ0n) is 16.8. The van der Waals surface area contributed by atoms with Crippen molar-refractivity contribution in [3.8, 4) is 27.9 Å². The van der Waals surface area contributed by atoms with Gasteiger partial charge in [0.25, 0.3) is 0 Å². The van der Waals surface area contributed by atoms with Crippen LogP contribution in [0.15, 0.2) is 54.6 Å². The minimum Gasteiger partial charge on any atom is -0.294 e. The van der Waals surface area contributed by atoms with E-state index in [1.54, 1.807) is 23.5 Å². The number of aryl methyl sites for hydroxylation is 1. The number of rotatable bonds is 3. The molecular weight excluding hydrogens is 520 g/mol. The molecule has 1 aliphatic carbocycles. The number of hydrogen-bond donors (Lipinski definition) is 0. The van der Waals surface area contributed by atoms with Crippen molar-refractivity contribution in [3.63, 3.8) is 0 Å². The van der Waals surface area contributed by atoms with Gasteiger partial charge in [0.15, 0.2) is 3.95 Å². The van der Waals surface area contributed by atoms with E-state index in [2.05, 4.69) is 16.7 Å². The molecule has 0 saturated heterocycles. The van der Waals surface area contributed by atoms with Crippen molar-refractivity contribution in [2.24, 2.45) is 0 Å². The van der Waals surface area contributed by atoms with Crippen molar-refractivity contribution < 1.29 is 0 Å². The quantitative estimate of drug-likeness (QED) is 0.236. The Morgan fingerprint density at radius 3 is 1.75 bits per heavy atom. The molecular formula is C25H17Cl4NS2. The number of aromatic nitrogens is 1. The molecule has 5 rings (SSSR count). The first-order valence-electron chi connectivity index (χ1n) is 10.2. The first-order chi connectivity index (χ1) is 15.4. The molecule has 7 heteroatoms. The lowest BCUT2D eigenvalue weighted by atomic mass is 9.94. The maximum absolute atomic E-state index is 6.38. The third-order valence-corrected chi connectivity index (χ3v) is 8.01. The van der Waals surface area contributed by atoms with Gasteiger partial charge in [0, 0.05) is 41.8 Å². The van der Waals surface area contributed by atoms with Gasteiger partial charge in [-0.15, -0.1) is 11.3 Å². The molecule has 0 bridgehead atoms. The van der Waals surface area contributed by atoms with Gasteiger partial charge in [-0.2, -0.15) is 0 Å². The first kappa shape index (κ1) is 22.5. The molecule has 0 saturated carbocycles. The van der Waals surface area contributed by atoms with Crippen LogP contribution in [0.2, 0.25) is 20.1 Å². The first-order valence-corrected chi connectivity index (χ1v) is 12.9. The molecule has 1 aliphatic rings. The number of benzene rings is 3. The van der Waals surface area contributed by atoms with E-state index in [0.29, 0.717) is 20.1 Å². The fourth-order valence-corrected chi connectivity index (χ4v) is 6.98. The molecule has 1 aromatic heterocycles. The fraction of sp³-hybridized carbons (Fsp3) is 0.160. The highest BCUT2D eigenvalue weighted by molar-refractivity contribution is 7.73. The van der Waals surface area contributed by atoms with Gasteiger partial charge in [0.1, 0.15) is 0 Å².